The van der Waals surface area contributed by atoms with Gasteiger partial charge in [0.2, 0.25) is 0 Å². The molecular formula is C11H18N2S. The topological polar surface area (TPSA) is 24.9 Å². The lowest BCUT2D eigenvalue weighted by Crippen LogP contribution is -2.12. The van der Waals surface area contributed by atoms with Crippen LogP contribution in [0.4, 0.5) is 0 Å². The molecule has 1 aliphatic heterocycles. The van der Waals surface area contributed by atoms with Crippen LogP contribution in [0.25, 0.3) is 0 Å². The molecule has 1 aromatic heterocycles. The quantitative estimate of drug-likeness (QED) is 0.830. The van der Waals surface area contributed by atoms with Gasteiger partial charge in [0.05, 0.1) is 10.7 Å². The summed E-state index contributed by atoms with van der Waals surface area (Å²) in [7, 11) is 0. The first-order valence-corrected chi connectivity index (χ1v) is 6.32. The van der Waals surface area contributed by atoms with E-state index in [9.17, 15) is 0 Å². The number of thiazole rings is 1. The zero-order chi connectivity index (χ0) is 9.97. The number of hydrogen-bond acceptors (Lipinski definition) is 3. The summed E-state index contributed by atoms with van der Waals surface area (Å²) >= 11 is 1.91. The van der Waals surface area contributed by atoms with Gasteiger partial charge in [-0.25, -0.2) is 4.98 Å². The molecule has 0 amide bonds. The van der Waals surface area contributed by atoms with Crippen LogP contribution in [0.2, 0.25) is 0 Å². The third-order valence-corrected chi connectivity index (χ3v) is 4.05. The van der Waals surface area contributed by atoms with E-state index in [4.69, 9.17) is 0 Å². The van der Waals surface area contributed by atoms with E-state index >= 15 is 0 Å². The highest BCUT2D eigenvalue weighted by Gasteiger charge is 2.20. The van der Waals surface area contributed by atoms with Crippen molar-refractivity contribution in [1.82, 2.24) is 10.3 Å². The average molecular weight is 210 g/mol. The zero-order valence-electron chi connectivity index (χ0n) is 8.97. The molecule has 1 saturated heterocycles. The summed E-state index contributed by atoms with van der Waals surface area (Å²) in [5.74, 6) is 0. The van der Waals surface area contributed by atoms with Crippen LogP contribution in [0.3, 0.4) is 0 Å². The highest BCUT2D eigenvalue weighted by Crippen LogP contribution is 2.31. The van der Waals surface area contributed by atoms with Crippen LogP contribution >= 0.6 is 11.3 Å². The molecule has 1 atom stereocenters. The first-order chi connectivity index (χ1) is 6.81. The molecule has 2 rings (SSSR count). The average Bonchev–Trinajstić information content (AvgIpc) is 2.74. The van der Waals surface area contributed by atoms with E-state index in [2.05, 4.69) is 24.1 Å². The lowest BCUT2D eigenvalue weighted by atomic mass is 10.2. The van der Waals surface area contributed by atoms with Crippen molar-refractivity contribution in [3.8, 4) is 0 Å². The minimum atomic E-state index is 0.595. The summed E-state index contributed by atoms with van der Waals surface area (Å²) in [4.78, 5) is 6.10. The number of nitrogens with one attached hydrogen (secondary N) is 1. The number of rotatable bonds is 3. The first-order valence-electron chi connectivity index (χ1n) is 5.51. The summed E-state index contributed by atoms with van der Waals surface area (Å²) < 4.78 is 0. The fourth-order valence-corrected chi connectivity index (χ4v) is 3.30. The normalized spacial score (nSPS) is 21.7. The van der Waals surface area contributed by atoms with Crippen molar-refractivity contribution in [3.63, 3.8) is 0 Å². The minimum Gasteiger partial charge on any atom is -0.309 e. The maximum absolute atomic E-state index is 4.62. The van der Waals surface area contributed by atoms with Gasteiger partial charge in [0.25, 0.3) is 0 Å². The standard InChI is InChI=1S/C11H18N2S/c1-3-5-10-13-8(2)11(14-10)9-6-4-7-12-9/h9,12H,3-7H2,1-2H3. The molecular weight excluding hydrogens is 192 g/mol. The molecule has 1 aromatic rings. The van der Waals surface area contributed by atoms with Crippen LogP contribution in [0.15, 0.2) is 0 Å². The zero-order valence-corrected chi connectivity index (χ0v) is 9.78. The van der Waals surface area contributed by atoms with Gasteiger partial charge >= 0.3 is 0 Å². The van der Waals surface area contributed by atoms with Crippen LogP contribution in [0, 0.1) is 6.92 Å². The van der Waals surface area contributed by atoms with Gasteiger partial charge in [0.15, 0.2) is 0 Å². The third kappa shape index (κ3) is 1.98. The van der Waals surface area contributed by atoms with Crippen LogP contribution in [0.5, 0.6) is 0 Å². The fraction of sp³-hybridized carbons (Fsp3) is 0.727. The molecule has 2 nitrogen and oxygen atoms in total. The van der Waals surface area contributed by atoms with Crippen molar-refractivity contribution < 1.29 is 0 Å². The highest BCUT2D eigenvalue weighted by atomic mass is 32.1. The third-order valence-electron chi connectivity index (χ3n) is 2.72. The Kier molecular flexibility index (Phi) is 3.19. The minimum absolute atomic E-state index is 0.595. The Morgan fingerprint density at radius 3 is 3.07 bits per heavy atom. The Morgan fingerprint density at radius 2 is 2.43 bits per heavy atom. The lowest BCUT2D eigenvalue weighted by Gasteiger charge is -2.07. The molecule has 1 unspecified atom stereocenters. The van der Waals surface area contributed by atoms with E-state index in [1.165, 1.54) is 41.4 Å². The van der Waals surface area contributed by atoms with Crippen LogP contribution in [-0.2, 0) is 6.42 Å². The predicted molar refractivity (Wildman–Crippen MR) is 60.8 cm³/mol. The van der Waals surface area contributed by atoms with E-state index in [0.717, 1.165) is 6.42 Å². The monoisotopic (exact) mass is 210 g/mol. The molecule has 0 aliphatic carbocycles. The second-order valence-electron chi connectivity index (χ2n) is 3.96. The number of hydrogen-bond donors (Lipinski definition) is 1. The molecule has 78 valence electrons. The predicted octanol–water partition coefficient (Wildman–Crippen LogP) is 2.83. The van der Waals surface area contributed by atoms with Crippen molar-refractivity contribution in [1.29, 1.82) is 0 Å². The summed E-state index contributed by atoms with van der Waals surface area (Å²) in [6.07, 6.45) is 4.93. The molecule has 0 saturated carbocycles. The van der Waals surface area contributed by atoms with Crippen molar-refractivity contribution in [2.24, 2.45) is 0 Å². The molecule has 14 heavy (non-hydrogen) atoms. The van der Waals surface area contributed by atoms with Crippen LogP contribution in [-0.4, -0.2) is 11.5 Å². The van der Waals surface area contributed by atoms with Crippen molar-refractivity contribution in [2.45, 2.75) is 45.6 Å². The summed E-state index contributed by atoms with van der Waals surface area (Å²) in [6.45, 7) is 5.53. The number of aromatic nitrogens is 1. The Bertz CT molecular complexity index is 300. The van der Waals surface area contributed by atoms with Crippen molar-refractivity contribution in [2.75, 3.05) is 6.54 Å². The van der Waals surface area contributed by atoms with Crippen molar-refractivity contribution >= 4 is 11.3 Å². The van der Waals surface area contributed by atoms with Crippen molar-refractivity contribution in [3.05, 3.63) is 15.6 Å². The van der Waals surface area contributed by atoms with Gasteiger partial charge in [-0.3, -0.25) is 0 Å². The van der Waals surface area contributed by atoms with Gasteiger partial charge in [0, 0.05) is 10.9 Å². The molecule has 1 fully saturated rings. The van der Waals surface area contributed by atoms with E-state index in [1.807, 2.05) is 11.3 Å². The van der Waals surface area contributed by atoms with Crippen LogP contribution < -0.4 is 5.32 Å². The molecule has 0 spiro atoms. The van der Waals surface area contributed by atoms with Gasteiger partial charge < -0.3 is 5.32 Å². The maximum atomic E-state index is 4.62. The van der Waals surface area contributed by atoms with E-state index in [0.29, 0.717) is 6.04 Å². The second-order valence-corrected chi connectivity index (χ2v) is 5.07. The van der Waals surface area contributed by atoms with E-state index in [1.54, 1.807) is 0 Å². The highest BCUT2D eigenvalue weighted by molar-refractivity contribution is 7.11. The Morgan fingerprint density at radius 1 is 1.57 bits per heavy atom. The molecule has 0 radical (unpaired) electrons. The molecule has 3 heteroatoms. The summed E-state index contributed by atoms with van der Waals surface area (Å²) in [5.41, 5.74) is 1.25. The van der Waals surface area contributed by atoms with Crippen LogP contribution in [0.1, 0.15) is 47.8 Å². The SMILES string of the molecule is CCCc1nc(C)c(C2CCCN2)s1. The summed E-state index contributed by atoms with van der Waals surface area (Å²) in [5, 5.41) is 4.85. The van der Waals surface area contributed by atoms with Gasteiger partial charge in [-0.15, -0.1) is 11.3 Å². The lowest BCUT2D eigenvalue weighted by molar-refractivity contribution is 0.654. The Hall–Kier alpha value is -0.410. The van der Waals surface area contributed by atoms with Gasteiger partial charge in [-0.05, 0) is 39.2 Å². The fourth-order valence-electron chi connectivity index (χ4n) is 2.02. The maximum Gasteiger partial charge on any atom is 0.0931 e. The Labute approximate surface area is 89.8 Å². The smallest absolute Gasteiger partial charge is 0.0931 e. The van der Waals surface area contributed by atoms with E-state index < -0.39 is 0 Å². The second kappa shape index (κ2) is 4.41. The largest absolute Gasteiger partial charge is 0.309 e. The molecule has 0 aromatic carbocycles. The first kappa shape index (κ1) is 10.1. The molecule has 1 N–H and O–H groups in total. The Balaban J connectivity index is 2.15. The molecule has 1 aliphatic rings. The van der Waals surface area contributed by atoms with Gasteiger partial charge in [-0.1, -0.05) is 6.92 Å². The molecule has 2 heterocycles. The summed E-state index contributed by atoms with van der Waals surface area (Å²) in [6, 6.07) is 0.595. The molecule has 0 bridgehead atoms. The van der Waals surface area contributed by atoms with Gasteiger partial charge in [0.1, 0.15) is 0 Å². The van der Waals surface area contributed by atoms with Gasteiger partial charge in [-0.2, -0.15) is 0 Å². The number of aryl methyl sites for hydroxylation is 2. The van der Waals surface area contributed by atoms with E-state index in [-0.39, 0.29) is 0 Å². The number of nitrogens with zero attached hydrogens (tertiary/aromatic N) is 1.